The highest BCUT2D eigenvalue weighted by molar-refractivity contribution is 5.83. The van der Waals surface area contributed by atoms with E-state index in [2.05, 4.69) is 22.5 Å². The summed E-state index contributed by atoms with van der Waals surface area (Å²) in [5.74, 6) is -2.39. The predicted molar refractivity (Wildman–Crippen MR) is 253 cm³/mol. The Hall–Kier alpha value is -4.06. The normalized spacial score (nSPS) is 12.1. The maximum absolute atomic E-state index is 12.4. The number of rotatable bonds is 47. The van der Waals surface area contributed by atoms with Gasteiger partial charge in [0.2, 0.25) is 11.8 Å². The van der Waals surface area contributed by atoms with Gasteiger partial charge in [-0.05, 0) is 63.0 Å². The van der Waals surface area contributed by atoms with Crippen LogP contribution in [0.5, 0.6) is 0 Å². The highest BCUT2D eigenvalue weighted by Crippen LogP contribution is 2.15. The molecule has 2 atom stereocenters. The van der Waals surface area contributed by atoms with Crippen LogP contribution in [0.3, 0.4) is 0 Å². The lowest BCUT2D eigenvalue weighted by Crippen LogP contribution is -2.40. The molecule has 0 aromatic heterocycles. The van der Waals surface area contributed by atoms with E-state index in [0.717, 1.165) is 61.6 Å². The lowest BCUT2D eigenvalue weighted by atomic mass is 10.0. The number of hydrogen-bond acceptors (Lipinski definition) is 12. The highest BCUT2D eigenvalue weighted by atomic mass is 16.5. The van der Waals surface area contributed by atoms with Gasteiger partial charge in [0, 0.05) is 39.0 Å². The number of allylic oxidation sites excluding steroid dienone is 1. The molecule has 0 radical (unpaired) electrons. The van der Waals surface area contributed by atoms with E-state index in [1.807, 2.05) is 24.3 Å². The Morgan fingerprint density at radius 3 is 1.67 bits per heavy atom. The van der Waals surface area contributed by atoms with E-state index in [9.17, 15) is 39.0 Å². The van der Waals surface area contributed by atoms with Crippen molar-refractivity contribution in [3.8, 4) is 0 Å². The molecule has 0 aliphatic rings. The van der Waals surface area contributed by atoms with Crippen LogP contribution in [0.2, 0.25) is 0 Å². The SMILES string of the molecule is C=C(CCCOCCOCC(=O)NCCOCCOCC(=O)CCc1ccc(CN[C@@H](CO)C(C)=O)cc1)CC[C@H](NC(=O)CCCCCCCCCCCCCCCCC(=O)O)C(=O)O. The molecule has 16 nitrogen and oxygen atoms in total. The molecule has 1 aromatic carbocycles. The number of carbonyl (C=O) groups is 6. The van der Waals surface area contributed by atoms with Gasteiger partial charge < -0.3 is 50.2 Å². The summed E-state index contributed by atoms with van der Waals surface area (Å²) >= 11 is 0. The first-order chi connectivity index (χ1) is 31.9. The van der Waals surface area contributed by atoms with Crippen molar-refractivity contribution >= 4 is 35.3 Å². The quantitative estimate of drug-likeness (QED) is 0.0306. The number of carboxylic acids is 2. The van der Waals surface area contributed by atoms with Crippen molar-refractivity contribution in [2.75, 3.05) is 66.0 Å². The molecular weight excluding hydrogens is 851 g/mol. The van der Waals surface area contributed by atoms with Crippen molar-refractivity contribution in [3.05, 3.63) is 47.5 Å². The molecule has 0 bridgehead atoms. The minimum Gasteiger partial charge on any atom is -0.481 e. The molecule has 1 rings (SSSR count). The van der Waals surface area contributed by atoms with Crippen LogP contribution < -0.4 is 16.0 Å². The van der Waals surface area contributed by atoms with Gasteiger partial charge in [-0.3, -0.25) is 24.0 Å². The summed E-state index contributed by atoms with van der Waals surface area (Å²) < 4.78 is 21.8. The van der Waals surface area contributed by atoms with Gasteiger partial charge in [-0.15, -0.1) is 0 Å². The van der Waals surface area contributed by atoms with Crippen molar-refractivity contribution in [2.45, 2.75) is 167 Å². The third-order valence-electron chi connectivity index (χ3n) is 11.0. The Morgan fingerprint density at radius 2 is 1.11 bits per heavy atom. The predicted octanol–water partition coefficient (Wildman–Crippen LogP) is 6.42. The van der Waals surface area contributed by atoms with E-state index in [0.29, 0.717) is 64.8 Å². The topological polar surface area (TPSA) is 236 Å². The van der Waals surface area contributed by atoms with Crippen LogP contribution in [0.15, 0.2) is 36.4 Å². The number of ether oxygens (including phenoxy) is 4. The summed E-state index contributed by atoms with van der Waals surface area (Å²) in [5.41, 5.74) is 2.89. The second-order valence-electron chi connectivity index (χ2n) is 17.0. The molecule has 66 heavy (non-hydrogen) atoms. The molecule has 1 aromatic rings. The van der Waals surface area contributed by atoms with Crippen LogP contribution >= 0.6 is 0 Å². The number of ketones is 2. The molecule has 6 N–H and O–H groups in total. The van der Waals surface area contributed by atoms with Crippen molar-refractivity contribution in [2.24, 2.45) is 0 Å². The number of hydrogen-bond donors (Lipinski definition) is 6. The summed E-state index contributed by atoms with van der Waals surface area (Å²) in [7, 11) is 0. The van der Waals surface area contributed by atoms with Crippen LogP contribution in [-0.4, -0.2) is 129 Å². The maximum Gasteiger partial charge on any atom is 0.326 e. The molecule has 0 saturated heterocycles. The number of aliphatic hydroxyl groups is 1. The van der Waals surface area contributed by atoms with E-state index in [1.165, 1.54) is 51.9 Å². The van der Waals surface area contributed by atoms with Crippen LogP contribution in [0.4, 0.5) is 0 Å². The average Bonchev–Trinajstić information content (AvgIpc) is 3.28. The number of aliphatic hydroxyl groups excluding tert-OH is 1. The van der Waals surface area contributed by atoms with Crippen LogP contribution in [0.25, 0.3) is 0 Å². The van der Waals surface area contributed by atoms with Crippen molar-refractivity contribution < 1.29 is 63.0 Å². The number of amides is 2. The molecule has 376 valence electrons. The van der Waals surface area contributed by atoms with E-state index in [4.69, 9.17) is 24.1 Å². The smallest absolute Gasteiger partial charge is 0.326 e. The summed E-state index contributed by atoms with van der Waals surface area (Å²) in [6.45, 7) is 7.77. The zero-order valence-electron chi connectivity index (χ0n) is 39.9. The van der Waals surface area contributed by atoms with Crippen LogP contribution in [0, 0.1) is 0 Å². The molecule has 0 spiro atoms. The second kappa shape index (κ2) is 41.2. The molecule has 0 fully saturated rings. The minimum atomic E-state index is -1.05. The largest absolute Gasteiger partial charge is 0.481 e. The van der Waals surface area contributed by atoms with Crippen LogP contribution in [0.1, 0.15) is 153 Å². The van der Waals surface area contributed by atoms with Gasteiger partial charge in [0.25, 0.3) is 0 Å². The molecule has 0 saturated carbocycles. The number of carbonyl (C=O) groups excluding carboxylic acids is 4. The first-order valence-corrected chi connectivity index (χ1v) is 24.3. The Labute approximate surface area is 393 Å². The lowest BCUT2D eigenvalue weighted by molar-refractivity contribution is -0.142. The Balaban J connectivity index is 1.94. The average molecular weight is 934 g/mol. The second-order valence-corrected chi connectivity index (χ2v) is 17.0. The number of unbranched alkanes of at least 4 members (excludes halogenated alkanes) is 13. The molecule has 0 aliphatic heterocycles. The van der Waals surface area contributed by atoms with Crippen LogP contribution in [-0.2, 0) is 60.7 Å². The van der Waals surface area contributed by atoms with E-state index < -0.39 is 24.0 Å². The van der Waals surface area contributed by atoms with Crippen molar-refractivity contribution in [1.29, 1.82) is 0 Å². The number of nitrogens with one attached hydrogen (secondary N) is 3. The van der Waals surface area contributed by atoms with Gasteiger partial charge in [-0.2, -0.15) is 0 Å². The molecular formula is C50H83N3O13. The van der Waals surface area contributed by atoms with Gasteiger partial charge >= 0.3 is 11.9 Å². The Morgan fingerprint density at radius 1 is 0.576 bits per heavy atom. The third kappa shape index (κ3) is 36.1. The fraction of sp³-hybridized carbons (Fsp3) is 0.720. The molecule has 16 heteroatoms. The van der Waals surface area contributed by atoms with Gasteiger partial charge in [0.15, 0.2) is 5.78 Å². The fourth-order valence-corrected chi connectivity index (χ4v) is 6.97. The first kappa shape index (κ1) is 60.0. The number of Topliss-reactive ketones (excluding diaryl/α,β-unsaturated/α-hetero) is 2. The van der Waals surface area contributed by atoms with Gasteiger partial charge in [-0.1, -0.05) is 113 Å². The lowest BCUT2D eigenvalue weighted by Gasteiger charge is -2.15. The summed E-state index contributed by atoms with van der Waals surface area (Å²) in [5, 5.41) is 35.9. The Bertz CT molecular complexity index is 1490. The monoisotopic (exact) mass is 934 g/mol. The highest BCUT2D eigenvalue weighted by Gasteiger charge is 2.20. The fourth-order valence-electron chi connectivity index (χ4n) is 6.97. The zero-order chi connectivity index (χ0) is 48.5. The molecule has 0 aliphatic carbocycles. The summed E-state index contributed by atoms with van der Waals surface area (Å²) in [4.78, 5) is 70.4. The number of benzene rings is 1. The van der Waals surface area contributed by atoms with Crippen molar-refractivity contribution in [3.63, 3.8) is 0 Å². The third-order valence-corrected chi connectivity index (χ3v) is 11.0. The first-order valence-electron chi connectivity index (χ1n) is 24.3. The zero-order valence-corrected chi connectivity index (χ0v) is 39.9. The van der Waals surface area contributed by atoms with Gasteiger partial charge in [0.1, 0.15) is 25.0 Å². The molecule has 0 unspecified atom stereocenters. The Kier molecular flexibility index (Phi) is 37.4. The van der Waals surface area contributed by atoms with Gasteiger partial charge in [-0.25, -0.2) is 4.79 Å². The number of carboxylic acid groups (broad SMARTS) is 2. The maximum atomic E-state index is 12.4. The molecule has 2 amide bonds. The van der Waals surface area contributed by atoms with E-state index in [1.54, 1.807) is 0 Å². The summed E-state index contributed by atoms with van der Waals surface area (Å²) in [6.07, 6.45) is 19.1. The summed E-state index contributed by atoms with van der Waals surface area (Å²) in [6, 6.07) is 6.21. The number of aliphatic carboxylic acids is 2. The molecule has 0 heterocycles. The van der Waals surface area contributed by atoms with E-state index >= 15 is 0 Å². The standard InChI is InChI=1S/C50H83N3O13/c1-40(21-28-45(50(61)62)53-47(57)19-15-13-11-9-7-5-3-4-6-8-10-12-14-16-20-49(59)60)18-17-30-63-32-35-66-39-48(58)51-29-31-64-33-34-65-38-44(56)27-26-42-22-24-43(25-23-42)36-52-46(37-54)41(2)55/h22-25,45-46,52,54H,1,3-21,26-39H2,2H3,(H,51,58)(H,53,57)(H,59,60)(H,61,62)/t45-,46-/m0/s1. The number of aryl methyl sites for hydroxylation is 1. The minimum absolute atomic E-state index is 0.00308. The van der Waals surface area contributed by atoms with Crippen molar-refractivity contribution in [1.82, 2.24) is 16.0 Å². The van der Waals surface area contributed by atoms with Gasteiger partial charge in [0.05, 0.1) is 45.7 Å². The van der Waals surface area contributed by atoms with E-state index in [-0.39, 0.29) is 82.5 Å².